The van der Waals surface area contributed by atoms with E-state index in [2.05, 4.69) is 0 Å². The number of methoxy groups -OCH3 is 1. The van der Waals surface area contributed by atoms with Gasteiger partial charge < -0.3 is 9.47 Å². The smallest absolute Gasteiger partial charge is 0.309 e. The molecule has 3 nitrogen and oxygen atoms in total. The minimum Gasteiger partial charge on any atom is -0.497 e. The Morgan fingerprint density at radius 3 is 2.60 bits per heavy atom. The summed E-state index contributed by atoms with van der Waals surface area (Å²) in [5.41, 5.74) is 0.844. The van der Waals surface area contributed by atoms with E-state index in [9.17, 15) is 9.18 Å². The Morgan fingerprint density at radius 2 is 2.00 bits per heavy atom. The molecule has 0 spiro atoms. The molecule has 1 fully saturated rings. The number of carbonyl (C=O) groups is 1. The molecule has 0 unspecified atom stereocenters. The Hall–Kier alpha value is -1.58. The van der Waals surface area contributed by atoms with E-state index in [1.807, 2.05) is 12.1 Å². The first-order chi connectivity index (χ1) is 9.67. The van der Waals surface area contributed by atoms with Crippen molar-refractivity contribution in [2.75, 3.05) is 13.7 Å². The van der Waals surface area contributed by atoms with Crippen molar-refractivity contribution in [3.63, 3.8) is 0 Å². The van der Waals surface area contributed by atoms with Crippen LogP contribution in [0, 0.1) is 5.92 Å². The average molecular weight is 280 g/mol. The number of hydrogen-bond donors (Lipinski definition) is 0. The topological polar surface area (TPSA) is 35.5 Å². The van der Waals surface area contributed by atoms with Crippen molar-refractivity contribution >= 4 is 5.97 Å². The van der Waals surface area contributed by atoms with Crippen molar-refractivity contribution in [3.8, 4) is 5.75 Å². The quantitative estimate of drug-likeness (QED) is 0.792. The van der Waals surface area contributed by atoms with Crippen molar-refractivity contribution in [1.29, 1.82) is 0 Å². The number of benzene rings is 1. The van der Waals surface area contributed by atoms with E-state index in [1.54, 1.807) is 26.2 Å². The van der Waals surface area contributed by atoms with Gasteiger partial charge in [0.15, 0.2) is 0 Å². The number of carbonyl (C=O) groups excluding carboxylic acids is 1. The average Bonchev–Trinajstić information content (AvgIpc) is 2.47. The molecular weight excluding hydrogens is 259 g/mol. The molecule has 0 saturated heterocycles. The van der Waals surface area contributed by atoms with Crippen LogP contribution in [0.2, 0.25) is 0 Å². The van der Waals surface area contributed by atoms with Crippen LogP contribution in [-0.4, -0.2) is 25.9 Å². The van der Waals surface area contributed by atoms with Crippen LogP contribution >= 0.6 is 0 Å². The van der Waals surface area contributed by atoms with E-state index in [0.29, 0.717) is 19.4 Å². The SMILES string of the molecule is CCOC(=O)[C@@H]1CCC[C@H](F)[C@H]1c1ccc(OC)cc1. The highest BCUT2D eigenvalue weighted by molar-refractivity contribution is 5.74. The maximum atomic E-state index is 14.3. The Labute approximate surface area is 119 Å². The summed E-state index contributed by atoms with van der Waals surface area (Å²) in [5, 5.41) is 0. The van der Waals surface area contributed by atoms with Crippen molar-refractivity contribution in [2.24, 2.45) is 5.92 Å². The van der Waals surface area contributed by atoms with Gasteiger partial charge in [0.2, 0.25) is 0 Å². The van der Waals surface area contributed by atoms with Crippen LogP contribution in [0.25, 0.3) is 0 Å². The Balaban J connectivity index is 2.24. The zero-order valence-corrected chi connectivity index (χ0v) is 12.0. The molecule has 1 saturated carbocycles. The number of alkyl halides is 1. The number of halogens is 1. The van der Waals surface area contributed by atoms with Gasteiger partial charge in [0.1, 0.15) is 11.9 Å². The third-order valence-corrected chi connectivity index (χ3v) is 3.91. The lowest BCUT2D eigenvalue weighted by atomic mass is 9.74. The molecule has 0 aliphatic heterocycles. The Morgan fingerprint density at radius 1 is 1.30 bits per heavy atom. The summed E-state index contributed by atoms with van der Waals surface area (Å²) in [4.78, 5) is 12.0. The molecule has 1 aliphatic carbocycles. The third kappa shape index (κ3) is 3.11. The normalized spacial score (nSPS) is 26.1. The van der Waals surface area contributed by atoms with E-state index < -0.39 is 12.1 Å². The molecule has 20 heavy (non-hydrogen) atoms. The molecule has 0 bridgehead atoms. The predicted octanol–water partition coefficient (Wildman–Crippen LogP) is 3.48. The molecule has 0 N–H and O–H groups in total. The number of hydrogen-bond acceptors (Lipinski definition) is 3. The summed E-state index contributed by atoms with van der Waals surface area (Å²) in [5.74, 6) is -0.343. The fraction of sp³-hybridized carbons (Fsp3) is 0.562. The first-order valence-corrected chi connectivity index (χ1v) is 7.12. The summed E-state index contributed by atoms with van der Waals surface area (Å²) in [6, 6.07) is 7.29. The van der Waals surface area contributed by atoms with E-state index in [-0.39, 0.29) is 11.9 Å². The summed E-state index contributed by atoms with van der Waals surface area (Å²) >= 11 is 0. The predicted molar refractivity (Wildman–Crippen MR) is 74.6 cm³/mol. The maximum Gasteiger partial charge on any atom is 0.309 e. The van der Waals surface area contributed by atoms with Gasteiger partial charge in [-0.3, -0.25) is 4.79 Å². The fourth-order valence-electron chi connectivity index (χ4n) is 2.92. The third-order valence-electron chi connectivity index (χ3n) is 3.91. The fourth-order valence-corrected chi connectivity index (χ4v) is 2.92. The molecule has 1 aromatic carbocycles. The standard InChI is InChI=1S/C16H21FO3/c1-3-20-16(18)13-5-4-6-14(17)15(13)11-7-9-12(19-2)10-8-11/h7-10,13-15H,3-6H2,1-2H3/t13-,14+,15+/m1/s1. The van der Waals surface area contributed by atoms with Crippen LogP contribution < -0.4 is 4.74 Å². The van der Waals surface area contributed by atoms with Gasteiger partial charge in [-0.25, -0.2) is 4.39 Å². The van der Waals surface area contributed by atoms with Crippen LogP contribution in [0.3, 0.4) is 0 Å². The molecule has 1 aromatic rings. The van der Waals surface area contributed by atoms with E-state index in [1.165, 1.54) is 0 Å². The first kappa shape index (κ1) is 14.8. The second-order valence-corrected chi connectivity index (χ2v) is 5.10. The highest BCUT2D eigenvalue weighted by atomic mass is 19.1. The summed E-state index contributed by atoms with van der Waals surface area (Å²) in [6.07, 6.45) is 0.936. The summed E-state index contributed by atoms with van der Waals surface area (Å²) < 4.78 is 24.5. The first-order valence-electron chi connectivity index (χ1n) is 7.12. The molecule has 0 aromatic heterocycles. The maximum absolute atomic E-state index is 14.3. The van der Waals surface area contributed by atoms with Gasteiger partial charge in [0.25, 0.3) is 0 Å². The molecular formula is C16H21FO3. The van der Waals surface area contributed by atoms with Crippen molar-refractivity contribution < 1.29 is 18.7 Å². The number of rotatable bonds is 4. The molecule has 2 rings (SSSR count). The van der Waals surface area contributed by atoms with Crippen LogP contribution in [0.4, 0.5) is 4.39 Å². The van der Waals surface area contributed by atoms with Crippen molar-refractivity contribution in [2.45, 2.75) is 38.3 Å². The summed E-state index contributed by atoms with van der Waals surface area (Å²) in [6.45, 7) is 2.11. The highest BCUT2D eigenvalue weighted by Crippen LogP contribution is 2.40. The molecule has 4 heteroatoms. The zero-order valence-electron chi connectivity index (χ0n) is 12.0. The van der Waals surface area contributed by atoms with Crippen LogP contribution in [0.1, 0.15) is 37.7 Å². The van der Waals surface area contributed by atoms with Crippen LogP contribution in [-0.2, 0) is 9.53 Å². The molecule has 3 atom stereocenters. The number of esters is 1. The van der Waals surface area contributed by atoms with Gasteiger partial charge in [-0.15, -0.1) is 0 Å². The van der Waals surface area contributed by atoms with Gasteiger partial charge in [0, 0.05) is 5.92 Å². The van der Waals surface area contributed by atoms with Gasteiger partial charge in [-0.2, -0.15) is 0 Å². The molecule has 0 heterocycles. The lowest BCUT2D eigenvalue weighted by Crippen LogP contribution is -2.34. The number of ether oxygens (including phenoxy) is 2. The monoisotopic (exact) mass is 280 g/mol. The van der Waals surface area contributed by atoms with Crippen LogP contribution in [0.5, 0.6) is 5.75 Å². The Bertz CT molecular complexity index is 444. The molecule has 1 aliphatic rings. The van der Waals surface area contributed by atoms with Gasteiger partial charge in [-0.1, -0.05) is 12.1 Å². The van der Waals surface area contributed by atoms with Crippen molar-refractivity contribution in [3.05, 3.63) is 29.8 Å². The Kier molecular flexibility index (Phi) is 4.99. The largest absolute Gasteiger partial charge is 0.497 e. The minimum absolute atomic E-state index is 0.282. The zero-order chi connectivity index (χ0) is 14.5. The lowest BCUT2D eigenvalue weighted by Gasteiger charge is -2.33. The van der Waals surface area contributed by atoms with Crippen LogP contribution in [0.15, 0.2) is 24.3 Å². The molecule has 0 amide bonds. The van der Waals surface area contributed by atoms with Gasteiger partial charge >= 0.3 is 5.97 Å². The molecule has 0 radical (unpaired) electrons. The summed E-state index contributed by atoms with van der Waals surface area (Å²) in [7, 11) is 1.59. The van der Waals surface area contributed by atoms with E-state index >= 15 is 0 Å². The van der Waals surface area contributed by atoms with E-state index in [4.69, 9.17) is 9.47 Å². The van der Waals surface area contributed by atoms with Gasteiger partial charge in [0.05, 0.1) is 19.6 Å². The van der Waals surface area contributed by atoms with Crippen molar-refractivity contribution in [1.82, 2.24) is 0 Å². The highest BCUT2D eigenvalue weighted by Gasteiger charge is 2.39. The lowest BCUT2D eigenvalue weighted by molar-refractivity contribution is -0.150. The van der Waals surface area contributed by atoms with E-state index in [0.717, 1.165) is 17.7 Å². The van der Waals surface area contributed by atoms with Gasteiger partial charge in [-0.05, 0) is 43.9 Å². The minimum atomic E-state index is -0.994. The second kappa shape index (κ2) is 6.73. The molecule has 110 valence electrons. The second-order valence-electron chi connectivity index (χ2n) is 5.10.